The van der Waals surface area contributed by atoms with E-state index in [2.05, 4.69) is 20.5 Å². The van der Waals surface area contributed by atoms with Crippen molar-refractivity contribution in [2.24, 2.45) is 0 Å². The second-order valence-electron chi connectivity index (χ2n) is 6.86. The number of hydrogen-bond donors (Lipinski definition) is 1. The lowest BCUT2D eigenvalue weighted by Gasteiger charge is -2.10. The van der Waals surface area contributed by atoms with E-state index in [9.17, 15) is 4.79 Å². The lowest BCUT2D eigenvalue weighted by Crippen LogP contribution is -2.26. The van der Waals surface area contributed by atoms with E-state index in [-0.39, 0.29) is 5.91 Å². The lowest BCUT2D eigenvalue weighted by atomic mass is 10.0. The minimum Gasteiger partial charge on any atom is -0.352 e. The normalized spacial score (nSPS) is 11.1. The molecule has 146 valence electrons. The summed E-state index contributed by atoms with van der Waals surface area (Å²) in [4.78, 5) is 21.8. The summed E-state index contributed by atoms with van der Waals surface area (Å²) in [5, 5.41) is 12.2. The van der Waals surface area contributed by atoms with Crippen LogP contribution in [-0.4, -0.2) is 37.0 Å². The summed E-state index contributed by atoms with van der Waals surface area (Å²) in [5.41, 5.74) is 3.82. The maximum absolute atomic E-state index is 13.0. The fourth-order valence-corrected chi connectivity index (χ4v) is 3.48. The molecule has 0 radical (unpaired) electrons. The molecule has 0 aliphatic rings. The number of aromatic nitrogens is 5. The van der Waals surface area contributed by atoms with Crippen LogP contribution < -0.4 is 5.32 Å². The van der Waals surface area contributed by atoms with Gasteiger partial charge in [0.25, 0.3) is 5.91 Å². The highest BCUT2D eigenvalue weighted by molar-refractivity contribution is 6.07. The molecule has 0 fully saturated rings. The number of nitrogens with zero attached hydrogens (tertiary/aromatic N) is 5. The highest BCUT2D eigenvalue weighted by atomic mass is 16.1. The summed E-state index contributed by atoms with van der Waals surface area (Å²) < 4.78 is 1.93. The quantitative estimate of drug-likeness (QED) is 0.494. The average Bonchev–Trinajstić information content (AvgIpc) is 3.22. The molecular weight excluding hydrogens is 376 g/mol. The Labute approximate surface area is 172 Å². The molecule has 7 heteroatoms. The molecule has 0 saturated heterocycles. The highest BCUT2D eigenvalue weighted by Crippen LogP contribution is 2.24. The number of para-hydroxylation sites is 1. The van der Waals surface area contributed by atoms with Gasteiger partial charge in [-0.15, -0.1) is 10.2 Å². The molecule has 5 aromatic rings. The van der Waals surface area contributed by atoms with Crippen LogP contribution in [0.3, 0.4) is 0 Å². The molecule has 0 aliphatic carbocycles. The number of carbonyl (C=O) groups excluding carboxylic acids is 1. The van der Waals surface area contributed by atoms with Crippen LogP contribution in [0.2, 0.25) is 0 Å². The first-order valence-corrected chi connectivity index (χ1v) is 9.66. The van der Waals surface area contributed by atoms with Gasteiger partial charge >= 0.3 is 0 Å². The van der Waals surface area contributed by atoms with Gasteiger partial charge in [0.1, 0.15) is 5.82 Å². The Kier molecular flexibility index (Phi) is 4.61. The zero-order valence-electron chi connectivity index (χ0n) is 16.1. The Morgan fingerprint density at radius 1 is 0.967 bits per heavy atom. The van der Waals surface area contributed by atoms with Crippen LogP contribution in [0.1, 0.15) is 16.2 Å². The predicted octanol–water partition coefficient (Wildman–Crippen LogP) is 3.31. The molecule has 0 unspecified atom stereocenters. The number of hydrogen-bond acceptors (Lipinski definition) is 5. The molecule has 4 heterocycles. The molecule has 0 aliphatic heterocycles. The minimum atomic E-state index is -0.141. The number of rotatable bonds is 5. The monoisotopic (exact) mass is 394 g/mol. The van der Waals surface area contributed by atoms with Crippen LogP contribution in [-0.2, 0) is 6.42 Å². The van der Waals surface area contributed by atoms with Gasteiger partial charge in [-0.3, -0.25) is 14.2 Å². The molecule has 5 rings (SSSR count). The van der Waals surface area contributed by atoms with E-state index in [0.29, 0.717) is 18.5 Å². The first kappa shape index (κ1) is 17.9. The second-order valence-corrected chi connectivity index (χ2v) is 6.86. The smallest absolute Gasteiger partial charge is 0.252 e. The molecular formula is C23H18N6O. The van der Waals surface area contributed by atoms with E-state index in [0.717, 1.165) is 33.6 Å². The van der Waals surface area contributed by atoms with Gasteiger partial charge in [-0.1, -0.05) is 24.3 Å². The summed E-state index contributed by atoms with van der Waals surface area (Å²) in [5.74, 6) is 0.667. The first-order chi connectivity index (χ1) is 14.8. The molecule has 0 saturated carbocycles. The van der Waals surface area contributed by atoms with Crippen LogP contribution in [0.5, 0.6) is 0 Å². The summed E-state index contributed by atoms with van der Waals surface area (Å²) in [6.45, 7) is 0.454. The van der Waals surface area contributed by atoms with E-state index in [1.165, 1.54) is 0 Å². The molecule has 0 atom stereocenters. The maximum atomic E-state index is 13.0. The topological polar surface area (TPSA) is 85.1 Å². The Hall–Kier alpha value is -4.13. The van der Waals surface area contributed by atoms with Crippen molar-refractivity contribution in [3.05, 3.63) is 90.6 Å². The number of fused-ring (bicyclic) bond motifs is 2. The van der Waals surface area contributed by atoms with E-state index in [1.807, 2.05) is 71.3 Å². The van der Waals surface area contributed by atoms with Gasteiger partial charge in [0, 0.05) is 42.5 Å². The number of amides is 1. The van der Waals surface area contributed by atoms with Crippen molar-refractivity contribution in [3.8, 4) is 11.3 Å². The molecule has 1 aromatic carbocycles. The Bertz CT molecular complexity index is 1350. The zero-order chi connectivity index (χ0) is 20.3. The van der Waals surface area contributed by atoms with Gasteiger partial charge in [0.05, 0.1) is 16.8 Å². The largest absolute Gasteiger partial charge is 0.352 e. The molecule has 7 nitrogen and oxygen atoms in total. The Morgan fingerprint density at radius 3 is 2.70 bits per heavy atom. The molecule has 0 spiro atoms. The van der Waals surface area contributed by atoms with Gasteiger partial charge in [-0.2, -0.15) is 0 Å². The zero-order valence-corrected chi connectivity index (χ0v) is 16.1. The molecule has 4 aromatic heterocycles. The summed E-state index contributed by atoms with van der Waals surface area (Å²) in [6.07, 6.45) is 5.94. The van der Waals surface area contributed by atoms with Crippen molar-refractivity contribution in [1.82, 2.24) is 29.9 Å². The summed E-state index contributed by atoms with van der Waals surface area (Å²) >= 11 is 0. The SMILES string of the molecule is O=C(NCCc1nnc2ccccn12)c1cc(-c2ccncc2)nc2ccccc12. The standard InChI is InChI=1S/C23H18N6O/c30-23(25-13-10-22-28-27-21-7-3-4-14-29(21)22)18-15-20(16-8-11-24-12-9-16)26-19-6-2-1-5-17(18)19/h1-9,11-12,14-15H,10,13H2,(H,25,30). The van der Waals surface area contributed by atoms with Crippen LogP contribution in [0.4, 0.5) is 0 Å². The van der Waals surface area contributed by atoms with E-state index >= 15 is 0 Å². The van der Waals surface area contributed by atoms with Gasteiger partial charge < -0.3 is 5.32 Å². The number of carbonyl (C=O) groups is 1. The molecule has 30 heavy (non-hydrogen) atoms. The maximum Gasteiger partial charge on any atom is 0.252 e. The number of benzene rings is 1. The second kappa shape index (κ2) is 7.71. The average molecular weight is 394 g/mol. The van der Waals surface area contributed by atoms with Crippen LogP contribution >= 0.6 is 0 Å². The van der Waals surface area contributed by atoms with E-state index in [4.69, 9.17) is 4.98 Å². The number of pyridine rings is 3. The third-order valence-corrected chi connectivity index (χ3v) is 4.96. The van der Waals surface area contributed by atoms with Crippen molar-refractivity contribution in [1.29, 1.82) is 0 Å². The van der Waals surface area contributed by atoms with Crippen LogP contribution in [0.25, 0.3) is 27.8 Å². The van der Waals surface area contributed by atoms with Gasteiger partial charge in [0.15, 0.2) is 5.65 Å². The summed E-state index contributed by atoms with van der Waals surface area (Å²) in [7, 11) is 0. The Balaban J connectivity index is 1.41. The predicted molar refractivity (Wildman–Crippen MR) is 114 cm³/mol. The third-order valence-electron chi connectivity index (χ3n) is 4.96. The van der Waals surface area contributed by atoms with E-state index in [1.54, 1.807) is 12.4 Å². The van der Waals surface area contributed by atoms with E-state index < -0.39 is 0 Å². The summed E-state index contributed by atoms with van der Waals surface area (Å²) in [6, 6.07) is 19.0. The molecule has 0 bridgehead atoms. The fraction of sp³-hybridized carbons (Fsp3) is 0.0870. The van der Waals surface area contributed by atoms with Crippen molar-refractivity contribution in [2.75, 3.05) is 6.54 Å². The van der Waals surface area contributed by atoms with Gasteiger partial charge in [-0.25, -0.2) is 4.98 Å². The third kappa shape index (κ3) is 3.37. The van der Waals surface area contributed by atoms with Crippen molar-refractivity contribution >= 4 is 22.5 Å². The molecule has 1 N–H and O–H groups in total. The first-order valence-electron chi connectivity index (χ1n) is 9.66. The molecule has 1 amide bonds. The van der Waals surface area contributed by atoms with Gasteiger partial charge in [0.2, 0.25) is 0 Å². The van der Waals surface area contributed by atoms with Crippen molar-refractivity contribution < 1.29 is 4.79 Å². The Morgan fingerprint density at radius 2 is 1.80 bits per heavy atom. The van der Waals surface area contributed by atoms with Crippen molar-refractivity contribution in [2.45, 2.75) is 6.42 Å². The van der Waals surface area contributed by atoms with Gasteiger partial charge in [-0.05, 0) is 36.4 Å². The number of nitrogens with one attached hydrogen (secondary N) is 1. The van der Waals surface area contributed by atoms with Crippen molar-refractivity contribution in [3.63, 3.8) is 0 Å². The van der Waals surface area contributed by atoms with Crippen LogP contribution in [0.15, 0.2) is 79.3 Å². The highest BCUT2D eigenvalue weighted by Gasteiger charge is 2.14. The van der Waals surface area contributed by atoms with Crippen LogP contribution in [0, 0.1) is 0 Å². The minimum absolute atomic E-state index is 0.141. The fourth-order valence-electron chi connectivity index (χ4n) is 3.48. The lowest BCUT2D eigenvalue weighted by molar-refractivity contribution is 0.0955.